The van der Waals surface area contributed by atoms with Gasteiger partial charge in [-0.05, 0) is 26.2 Å². The highest BCUT2D eigenvalue weighted by Gasteiger charge is 2.31. The number of aromatic nitrogens is 2. The molecule has 1 aromatic rings. The maximum atomic E-state index is 6.21. The van der Waals surface area contributed by atoms with Gasteiger partial charge in [-0.1, -0.05) is 25.9 Å². The minimum Gasteiger partial charge on any atom is -0.370 e. The summed E-state index contributed by atoms with van der Waals surface area (Å²) >= 11 is 0. The molecule has 0 saturated heterocycles. The van der Waals surface area contributed by atoms with Crippen molar-refractivity contribution in [2.75, 3.05) is 6.61 Å². The zero-order valence-corrected chi connectivity index (χ0v) is 11.2. The van der Waals surface area contributed by atoms with Crippen molar-refractivity contribution in [1.82, 2.24) is 10.1 Å². The summed E-state index contributed by atoms with van der Waals surface area (Å²) in [5.41, 5.74) is 5.69. The first-order valence-corrected chi connectivity index (χ1v) is 6.35. The number of nitrogens with zero attached hydrogens (tertiary/aromatic N) is 2. The van der Waals surface area contributed by atoms with Crippen molar-refractivity contribution in [2.45, 2.75) is 58.6 Å². The number of nitrogens with two attached hydrogens (primary N) is 1. The SMILES string of the molecule is CCOC(CC)c1noc(C(N)(CC)CC)n1. The normalized spacial score (nSPS) is 13.9. The number of ether oxygens (including phenoxy) is 1. The van der Waals surface area contributed by atoms with Gasteiger partial charge in [0.1, 0.15) is 6.10 Å². The fourth-order valence-electron chi connectivity index (χ4n) is 1.70. The van der Waals surface area contributed by atoms with Gasteiger partial charge in [0.05, 0.1) is 5.54 Å². The lowest BCUT2D eigenvalue weighted by molar-refractivity contribution is 0.0518. The van der Waals surface area contributed by atoms with Gasteiger partial charge in [0.25, 0.3) is 0 Å². The molecule has 0 spiro atoms. The zero-order chi connectivity index (χ0) is 12.9. The Morgan fingerprint density at radius 1 is 1.29 bits per heavy atom. The highest BCUT2D eigenvalue weighted by molar-refractivity contribution is 5.02. The van der Waals surface area contributed by atoms with E-state index in [1.165, 1.54) is 0 Å². The highest BCUT2D eigenvalue weighted by atomic mass is 16.5. The van der Waals surface area contributed by atoms with Crippen molar-refractivity contribution in [3.05, 3.63) is 11.7 Å². The van der Waals surface area contributed by atoms with Gasteiger partial charge >= 0.3 is 0 Å². The standard InChI is InChI=1S/C12H23N3O2/c1-5-9(16-8-4)10-14-11(17-15-10)12(13,6-2)7-3/h9H,5-8,13H2,1-4H3. The third kappa shape index (κ3) is 3.04. The first-order chi connectivity index (χ1) is 8.11. The molecule has 1 aromatic heterocycles. The molecular formula is C12H23N3O2. The van der Waals surface area contributed by atoms with Gasteiger partial charge in [-0.3, -0.25) is 0 Å². The van der Waals surface area contributed by atoms with Crippen molar-refractivity contribution >= 4 is 0 Å². The van der Waals surface area contributed by atoms with Gasteiger partial charge < -0.3 is 15.0 Å². The molecule has 1 unspecified atom stereocenters. The largest absolute Gasteiger partial charge is 0.370 e. The summed E-state index contributed by atoms with van der Waals surface area (Å²) in [5, 5.41) is 3.98. The average Bonchev–Trinajstić information content (AvgIpc) is 2.84. The number of hydrogen-bond acceptors (Lipinski definition) is 5. The molecule has 0 aliphatic heterocycles. The highest BCUT2D eigenvalue weighted by Crippen LogP contribution is 2.26. The summed E-state index contributed by atoms with van der Waals surface area (Å²) in [7, 11) is 0. The molecular weight excluding hydrogens is 218 g/mol. The van der Waals surface area contributed by atoms with E-state index in [1.54, 1.807) is 0 Å². The fraction of sp³-hybridized carbons (Fsp3) is 0.833. The van der Waals surface area contributed by atoms with Crippen molar-refractivity contribution < 1.29 is 9.26 Å². The predicted octanol–water partition coefficient (Wildman–Crippen LogP) is 2.53. The molecule has 0 radical (unpaired) electrons. The Morgan fingerprint density at radius 2 is 1.94 bits per heavy atom. The van der Waals surface area contributed by atoms with Crippen LogP contribution in [0, 0.1) is 0 Å². The van der Waals surface area contributed by atoms with Crippen LogP contribution in [-0.2, 0) is 10.3 Å². The first-order valence-electron chi connectivity index (χ1n) is 6.35. The van der Waals surface area contributed by atoms with Crippen molar-refractivity contribution in [2.24, 2.45) is 5.73 Å². The van der Waals surface area contributed by atoms with E-state index >= 15 is 0 Å². The topological polar surface area (TPSA) is 74.2 Å². The minimum atomic E-state index is -0.518. The number of rotatable bonds is 7. The molecule has 0 aliphatic carbocycles. The van der Waals surface area contributed by atoms with Crippen LogP contribution in [0.5, 0.6) is 0 Å². The lowest BCUT2D eigenvalue weighted by atomic mass is 9.94. The molecule has 0 aliphatic rings. The molecule has 1 heterocycles. The van der Waals surface area contributed by atoms with E-state index in [2.05, 4.69) is 10.1 Å². The summed E-state index contributed by atoms with van der Waals surface area (Å²) in [6.45, 7) is 8.67. The molecule has 0 bridgehead atoms. The van der Waals surface area contributed by atoms with Crippen LogP contribution in [0.15, 0.2) is 4.52 Å². The third-order valence-corrected chi connectivity index (χ3v) is 3.16. The van der Waals surface area contributed by atoms with Crippen LogP contribution in [0.4, 0.5) is 0 Å². The van der Waals surface area contributed by atoms with Crippen LogP contribution < -0.4 is 5.73 Å². The van der Waals surface area contributed by atoms with Crippen LogP contribution >= 0.6 is 0 Å². The summed E-state index contributed by atoms with van der Waals surface area (Å²) in [6, 6.07) is 0. The average molecular weight is 241 g/mol. The molecule has 5 nitrogen and oxygen atoms in total. The molecule has 2 N–H and O–H groups in total. The van der Waals surface area contributed by atoms with Gasteiger partial charge in [0.15, 0.2) is 0 Å². The fourth-order valence-corrected chi connectivity index (χ4v) is 1.70. The lowest BCUT2D eigenvalue weighted by Gasteiger charge is -2.21. The van der Waals surface area contributed by atoms with Crippen LogP contribution in [0.2, 0.25) is 0 Å². The molecule has 5 heteroatoms. The van der Waals surface area contributed by atoms with Crippen LogP contribution in [0.1, 0.15) is 64.8 Å². The van der Waals surface area contributed by atoms with E-state index in [0.717, 1.165) is 19.3 Å². The van der Waals surface area contributed by atoms with Gasteiger partial charge in [-0.2, -0.15) is 4.98 Å². The first kappa shape index (κ1) is 14.1. The second-order valence-corrected chi connectivity index (χ2v) is 4.17. The second kappa shape index (κ2) is 6.12. The van der Waals surface area contributed by atoms with Crippen molar-refractivity contribution in [3.8, 4) is 0 Å². The van der Waals surface area contributed by atoms with Gasteiger partial charge in [0, 0.05) is 6.61 Å². The van der Waals surface area contributed by atoms with E-state index in [4.69, 9.17) is 15.0 Å². The molecule has 0 saturated carbocycles. The molecule has 0 fully saturated rings. The van der Waals surface area contributed by atoms with Crippen LogP contribution in [0.25, 0.3) is 0 Å². The third-order valence-electron chi connectivity index (χ3n) is 3.16. The molecule has 1 atom stereocenters. The van der Waals surface area contributed by atoms with Crippen molar-refractivity contribution in [1.29, 1.82) is 0 Å². The van der Waals surface area contributed by atoms with Crippen molar-refractivity contribution in [3.63, 3.8) is 0 Å². The van der Waals surface area contributed by atoms with E-state index in [0.29, 0.717) is 18.3 Å². The maximum Gasteiger partial charge on any atom is 0.246 e. The lowest BCUT2D eigenvalue weighted by Crippen LogP contribution is -2.35. The van der Waals surface area contributed by atoms with E-state index in [-0.39, 0.29) is 6.10 Å². The summed E-state index contributed by atoms with van der Waals surface area (Å²) in [5.74, 6) is 1.11. The monoisotopic (exact) mass is 241 g/mol. The summed E-state index contributed by atoms with van der Waals surface area (Å²) < 4.78 is 10.8. The Kier molecular flexibility index (Phi) is 5.08. The van der Waals surface area contributed by atoms with Crippen LogP contribution in [-0.4, -0.2) is 16.7 Å². The van der Waals surface area contributed by atoms with Gasteiger partial charge in [-0.15, -0.1) is 0 Å². The Hall–Kier alpha value is -0.940. The number of hydrogen-bond donors (Lipinski definition) is 1. The zero-order valence-electron chi connectivity index (χ0n) is 11.2. The molecule has 0 amide bonds. The van der Waals surface area contributed by atoms with Crippen LogP contribution in [0.3, 0.4) is 0 Å². The second-order valence-electron chi connectivity index (χ2n) is 4.17. The van der Waals surface area contributed by atoms with E-state index in [9.17, 15) is 0 Å². The van der Waals surface area contributed by atoms with E-state index in [1.807, 2.05) is 27.7 Å². The summed E-state index contributed by atoms with van der Waals surface area (Å²) in [6.07, 6.45) is 2.27. The van der Waals surface area contributed by atoms with Gasteiger partial charge in [-0.25, -0.2) is 0 Å². The Labute approximate surface area is 103 Å². The smallest absolute Gasteiger partial charge is 0.246 e. The quantitative estimate of drug-likeness (QED) is 0.794. The predicted molar refractivity (Wildman–Crippen MR) is 65.4 cm³/mol. The maximum absolute atomic E-state index is 6.21. The van der Waals surface area contributed by atoms with Gasteiger partial charge in [0.2, 0.25) is 11.7 Å². The van der Waals surface area contributed by atoms with E-state index < -0.39 is 5.54 Å². The molecule has 1 rings (SSSR count). The summed E-state index contributed by atoms with van der Waals surface area (Å²) in [4.78, 5) is 4.39. The Bertz CT molecular complexity index is 334. The molecule has 17 heavy (non-hydrogen) atoms. The Morgan fingerprint density at radius 3 is 2.41 bits per heavy atom. The molecule has 0 aromatic carbocycles. The minimum absolute atomic E-state index is 0.101. The molecule has 98 valence electrons. The Balaban J connectivity index is 2.90.